The Bertz CT molecular complexity index is 891. The molecule has 1 aliphatic heterocycles. The maximum Gasteiger partial charge on any atom is 0.236 e. The molecule has 0 saturated carbocycles. The maximum absolute atomic E-state index is 12.4. The van der Waals surface area contributed by atoms with Gasteiger partial charge in [-0.2, -0.15) is 0 Å². The molecule has 0 aliphatic carbocycles. The number of aryl methyl sites for hydroxylation is 1. The first-order valence-electron chi connectivity index (χ1n) is 7.81. The number of amides is 1. The lowest BCUT2D eigenvalue weighted by Gasteiger charge is -2.16. The molecule has 1 amide bonds. The molecule has 126 valence electrons. The van der Waals surface area contributed by atoms with Crippen LogP contribution in [0.2, 0.25) is 0 Å². The lowest BCUT2D eigenvalue weighted by Crippen LogP contribution is -2.25. The molecular formula is C18H20N2O3S. The summed E-state index contributed by atoms with van der Waals surface area (Å²) in [5.41, 5.74) is 4.10. The lowest BCUT2D eigenvalue weighted by molar-refractivity contribution is -0.116. The van der Waals surface area contributed by atoms with Gasteiger partial charge in [-0.15, -0.1) is 0 Å². The number of hydrogen-bond acceptors (Lipinski definition) is 3. The van der Waals surface area contributed by atoms with Crippen LogP contribution in [0.15, 0.2) is 42.5 Å². The number of carbonyl (C=O) groups is 1. The number of rotatable bonds is 4. The number of nitrogens with one attached hydrogen (secondary N) is 1. The van der Waals surface area contributed by atoms with Gasteiger partial charge in [0.15, 0.2) is 0 Å². The summed E-state index contributed by atoms with van der Waals surface area (Å²) in [6, 6.07) is 12.8. The van der Waals surface area contributed by atoms with Crippen LogP contribution < -0.4 is 9.62 Å². The lowest BCUT2D eigenvalue weighted by atomic mass is 10.1. The van der Waals surface area contributed by atoms with Crippen LogP contribution in [0, 0.1) is 6.92 Å². The van der Waals surface area contributed by atoms with E-state index >= 15 is 0 Å². The van der Waals surface area contributed by atoms with Gasteiger partial charge < -0.3 is 4.90 Å². The Labute approximate surface area is 142 Å². The van der Waals surface area contributed by atoms with Gasteiger partial charge in [-0.3, -0.25) is 9.52 Å². The summed E-state index contributed by atoms with van der Waals surface area (Å²) >= 11 is 0. The van der Waals surface area contributed by atoms with Crippen molar-refractivity contribution in [2.75, 3.05) is 16.2 Å². The molecule has 3 rings (SSSR count). The summed E-state index contributed by atoms with van der Waals surface area (Å²) in [6.07, 6.45) is 0.797. The average molecular weight is 344 g/mol. The van der Waals surface area contributed by atoms with E-state index in [1.807, 2.05) is 31.2 Å². The van der Waals surface area contributed by atoms with Crippen molar-refractivity contribution in [1.29, 1.82) is 0 Å². The third-order valence-electron chi connectivity index (χ3n) is 4.07. The Morgan fingerprint density at radius 1 is 1.21 bits per heavy atom. The molecule has 5 nitrogen and oxygen atoms in total. The van der Waals surface area contributed by atoms with Crippen LogP contribution in [0.5, 0.6) is 0 Å². The van der Waals surface area contributed by atoms with Crippen LogP contribution in [0.3, 0.4) is 0 Å². The van der Waals surface area contributed by atoms with E-state index in [-0.39, 0.29) is 11.7 Å². The molecular weight excluding hydrogens is 324 g/mol. The molecule has 0 atom stereocenters. The van der Waals surface area contributed by atoms with Crippen molar-refractivity contribution in [3.8, 4) is 0 Å². The van der Waals surface area contributed by atoms with Gasteiger partial charge in [-0.25, -0.2) is 8.42 Å². The summed E-state index contributed by atoms with van der Waals surface area (Å²) in [5.74, 6) is -0.115. The monoisotopic (exact) mass is 344 g/mol. The molecule has 1 N–H and O–H groups in total. The third-order valence-corrected chi connectivity index (χ3v) is 5.33. The van der Waals surface area contributed by atoms with Gasteiger partial charge >= 0.3 is 0 Å². The predicted octanol–water partition coefficient (Wildman–Crippen LogP) is 2.85. The predicted molar refractivity (Wildman–Crippen MR) is 95.6 cm³/mol. The largest absolute Gasteiger partial charge is 0.312 e. The molecule has 0 unspecified atom stereocenters. The van der Waals surface area contributed by atoms with Gasteiger partial charge in [0.2, 0.25) is 15.9 Å². The van der Waals surface area contributed by atoms with E-state index < -0.39 is 10.0 Å². The SMILES string of the molecule is CC(=O)N1CCc2ccc(NS(=O)(=O)Cc3cccc(C)c3)cc21. The summed E-state index contributed by atoms with van der Waals surface area (Å²) < 4.78 is 27.4. The molecule has 24 heavy (non-hydrogen) atoms. The Morgan fingerprint density at radius 3 is 2.71 bits per heavy atom. The molecule has 0 aromatic heterocycles. The second-order valence-electron chi connectivity index (χ2n) is 6.11. The minimum absolute atomic E-state index is 0.0338. The zero-order valence-corrected chi connectivity index (χ0v) is 14.6. The topological polar surface area (TPSA) is 66.5 Å². The number of nitrogens with zero attached hydrogens (tertiary/aromatic N) is 1. The number of anilines is 2. The summed E-state index contributed by atoms with van der Waals surface area (Å²) in [7, 11) is -3.51. The zero-order chi connectivity index (χ0) is 17.3. The van der Waals surface area contributed by atoms with Crippen molar-refractivity contribution in [3.05, 3.63) is 59.2 Å². The fourth-order valence-corrected chi connectivity index (χ4v) is 4.18. The highest BCUT2D eigenvalue weighted by molar-refractivity contribution is 7.91. The van der Waals surface area contributed by atoms with Gasteiger partial charge in [0.1, 0.15) is 0 Å². The van der Waals surface area contributed by atoms with E-state index in [2.05, 4.69) is 4.72 Å². The number of carbonyl (C=O) groups excluding carboxylic acids is 1. The Morgan fingerprint density at radius 2 is 2.00 bits per heavy atom. The first-order valence-corrected chi connectivity index (χ1v) is 9.46. The van der Waals surface area contributed by atoms with Crippen molar-refractivity contribution >= 4 is 27.3 Å². The number of hydrogen-bond donors (Lipinski definition) is 1. The van der Waals surface area contributed by atoms with E-state index in [0.29, 0.717) is 12.2 Å². The molecule has 0 radical (unpaired) electrons. The maximum atomic E-state index is 12.4. The Kier molecular flexibility index (Phi) is 4.32. The van der Waals surface area contributed by atoms with Crippen molar-refractivity contribution in [2.45, 2.75) is 26.0 Å². The van der Waals surface area contributed by atoms with Crippen molar-refractivity contribution in [3.63, 3.8) is 0 Å². The smallest absolute Gasteiger partial charge is 0.236 e. The molecule has 2 aromatic carbocycles. The second-order valence-corrected chi connectivity index (χ2v) is 7.84. The minimum Gasteiger partial charge on any atom is -0.312 e. The molecule has 0 spiro atoms. The van der Waals surface area contributed by atoms with Gasteiger partial charge in [-0.05, 0) is 36.6 Å². The van der Waals surface area contributed by atoms with Crippen LogP contribution in [-0.4, -0.2) is 20.9 Å². The van der Waals surface area contributed by atoms with E-state index in [0.717, 1.165) is 28.8 Å². The first kappa shape index (κ1) is 16.5. The molecule has 0 saturated heterocycles. The molecule has 2 aromatic rings. The van der Waals surface area contributed by atoms with E-state index in [1.165, 1.54) is 6.92 Å². The Hall–Kier alpha value is -2.34. The summed E-state index contributed by atoms with van der Waals surface area (Å²) in [4.78, 5) is 13.3. The van der Waals surface area contributed by atoms with Crippen LogP contribution in [0.25, 0.3) is 0 Å². The highest BCUT2D eigenvalue weighted by Gasteiger charge is 2.23. The van der Waals surface area contributed by atoms with Crippen LogP contribution in [-0.2, 0) is 27.0 Å². The van der Waals surface area contributed by atoms with Crippen LogP contribution >= 0.6 is 0 Å². The third kappa shape index (κ3) is 3.59. The number of sulfonamides is 1. The van der Waals surface area contributed by atoms with Crippen molar-refractivity contribution < 1.29 is 13.2 Å². The quantitative estimate of drug-likeness (QED) is 0.927. The highest BCUT2D eigenvalue weighted by atomic mass is 32.2. The molecule has 1 aliphatic rings. The average Bonchev–Trinajstić information content (AvgIpc) is 2.89. The number of benzene rings is 2. The Balaban J connectivity index is 1.81. The molecule has 6 heteroatoms. The minimum atomic E-state index is -3.51. The number of fused-ring (bicyclic) bond motifs is 1. The van der Waals surface area contributed by atoms with Crippen molar-refractivity contribution in [1.82, 2.24) is 0 Å². The van der Waals surface area contributed by atoms with Gasteiger partial charge in [0, 0.05) is 19.2 Å². The molecule has 0 bridgehead atoms. The zero-order valence-electron chi connectivity index (χ0n) is 13.7. The van der Waals surface area contributed by atoms with E-state index in [9.17, 15) is 13.2 Å². The first-order chi connectivity index (χ1) is 11.3. The highest BCUT2D eigenvalue weighted by Crippen LogP contribution is 2.31. The van der Waals surface area contributed by atoms with Crippen LogP contribution in [0.1, 0.15) is 23.6 Å². The molecule has 1 heterocycles. The van der Waals surface area contributed by atoms with E-state index in [1.54, 1.807) is 23.1 Å². The standard InChI is InChI=1S/C18H20N2O3S/c1-13-4-3-5-15(10-13)12-24(22,23)19-17-7-6-16-8-9-20(14(2)21)18(16)11-17/h3-7,10-11,19H,8-9,12H2,1-2H3. The fourth-order valence-electron chi connectivity index (χ4n) is 3.01. The van der Waals surface area contributed by atoms with E-state index in [4.69, 9.17) is 0 Å². The second kappa shape index (κ2) is 6.28. The summed E-state index contributed by atoms with van der Waals surface area (Å²) in [5, 5.41) is 0. The van der Waals surface area contributed by atoms with Crippen molar-refractivity contribution in [2.24, 2.45) is 0 Å². The molecule has 0 fully saturated rings. The van der Waals surface area contributed by atoms with Gasteiger partial charge in [0.25, 0.3) is 0 Å². The van der Waals surface area contributed by atoms with Gasteiger partial charge in [-0.1, -0.05) is 35.9 Å². The summed E-state index contributed by atoms with van der Waals surface area (Å²) in [6.45, 7) is 4.09. The van der Waals surface area contributed by atoms with Crippen LogP contribution in [0.4, 0.5) is 11.4 Å². The van der Waals surface area contributed by atoms with Gasteiger partial charge in [0.05, 0.1) is 11.4 Å². The normalized spacial score (nSPS) is 13.7. The fraction of sp³-hybridized carbons (Fsp3) is 0.278.